The molecule has 0 radical (unpaired) electrons. The molecule has 0 spiro atoms. The summed E-state index contributed by atoms with van der Waals surface area (Å²) in [6, 6.07) is 2.68. The molecule has 0 aromatic heterocycles. The van der Waals surface area contributed by atoms with Crippen LogP contribution in [0.2, 0.25) is 0 Å². The van der Waals surface area contributed by atoms with E-state index in [0.717, 1.165) is 18.2 Å². The van der Waals surface area contributed by atoms with E-state index in [0.29, 0.717) is 13.0 Å². The maximum atomic E-state index is 12.8. The van der Waals surface area contributed by atoms with Gasteiger partial charge in [-0.1, -0.05) is 0 Å². The van der Waals surface area contributed by atoms with Crippen molar-refractivity contribution in [3.8, 4) is 0 Å². The number of carbonyl (C=O) groups is 1. The summed E-state index contributed by atoms with van der Waals surface area (Å²) < 4.78 is 25.6. The Hall–Kier alpha value is -1.49. The summed E-state index contributed by atoms with van der Waals surface area (Å²) in [4.78, 5) is 11.4. The van der Waals surface area contributed by atoms with Crippen LogP contribution in [0.25, 0.3) is 0 Å². The second-order valence-electron chi connectivity index (χ2n) is 3.68. The van der Waals surface area contributed by atoms with Crippen molar-refractivity contribution in [2.75, 3.05) is 6.54 Å². The van der Waals surface area contributed by atoms with Gasteiger partial charge in [-0.3, -0.25) is 4.79 Å². The third-order valence-electron chi connectivity index (χ3n) is 2.01. The Morgan fingerprint density at radius 1 is 1.38 bits per heavy atom. The molecule has 1 unspecified atom stereocenters. The standard InChI is InChI=1S/C11H14F2N2O/c1-7(14)2-3-15-11(16)8-4-9(12)6-10(13)5-8/h4-7H,2-3,14H2,1H3,(H,15,16). The number of nitrogens with one attached hydrogen (secondary N) is 1. The lowest BCUT2D eigenvalue weighted by molar-refractivity contribution is 0.0952. The van der Waals surface area contributed by atoms with E-state index in [-0.39, 0.29) is 11.6 Å². The molecule has 1 aromatic rings. The number of hydrogen-bond donors (Lipinski definition) is 2. The normalized spacial score (nSPS) is 12.2. The third kappa shape index (κ3) is 3.94. The van der Waals surface area contributed by atoms with E-state index in [1.54, 1.807) is 0 Å². The van der Waals surface area contributed by atoms with E-state index >= 15 is 0 Å². The number of halogens is 2. The highest BCUT2D eigenvalue weighted by Gasteiger charge is 2.08. The maximum absolute atomic E-state index is 12.8. The average molecular weight is 228 g/mol. The lowest BCUT2D eigenvalue weighted by Gasteiger charge is -2.07. The smallest absolute Gasteiger partial charge is 0.251 e. The zero-order valence-corrected chi connectivity index (χ0v) is 8.97. The first-order valence-corrected chi connectivity index (χ1v) is 4.99. The summed E-state index contributed by atoms with van der Waals surface area (Å²) in [6.07, 6.45) is 0.615. The number of amides is 1. The number of hydrogen-bond acceptors (Lipinski definition) is 2. The van der Waals surface area contributed by atoms with Gasteiger partial charge in [0.1, 0.15) is 11.6 Å². The molecule has 3 N–H and O–H groups in total. The molecule has 88 valence electrons. The van der Waals surface area contributed by atoms with Crippen LogP contribution in [0.1, 0.15) is 23.7 Å². The summed E-state index contributed by atoms with van der Waals surface area (Å²) >= 11 is 0. The Labute approximate surface area is 92.6 Å². The maximum Gasteiger partial charge on any atom is 0.251 e. The van der Waals surface area contributed by atoms with Gasteiger partial charge in [-0.2, -0.15) is 0 Å². The van der Waals surface area contributed by atoms with Crippen LogP contribution in [-0.4, -0.2) is 18.5 Å². The Bertz CT molecular complexity index is 360. The minimum Gasteiger partial charge on any atom is -0.352 e. The first-order valence-electron chi connectivity index (χ1n) is 4.99. The minimum atomic E-state index is -0.766. The van der Waals surface area contributed by atoms with Crippen LogP contribution < -0.4 is 11.1 Å². The monoisotopic (exact) mass is 228 g/mol. The molecule has 0 fully saturated rings. The number of nitrogens with two attached hydrogens (primary N) is 1. The van der Waals surface area contributed by atoms with Gasteiger partial charge in [-0.05, 0) is 25.5 Å². The second kappa shape index (κ2) is 5.55. The fourth-order valence-corrected chi connectivity index (χ4v) is 1.20. The van der Waals surface area contributed by atoms with E-state index in [1.165, 1.54) is 0 Å². The Morgan fingerprint density at radius 3 is 2.44 bits per heavy atom. The predicted octanol–water partition coefficient (Wildman–Crippen LogP) is 1.43. The van der Waals surface area contributed by atoms with Gasteiger partial charge in [0, 0.05) is 24.2 Å². The van der Waals surface area contributed by atoms with Crippen molar-refractivity contribution in [1.29, 1.82) is 0 Å². The first-order chi connectivity index (χ1) is 7.49. The van der Waals surface area contributed by atoms with Crippen molar-refractivity contribution < 1.29 is 13.6 Å². The first kappa shape index (κ1) is 12.6. The summed E-state index contributed by atoms with van der Waals surface area (Å²) in [6.45, 7) is 2.20. The number of rotatable bonds is 4. The van der Waals surface area contributed by atoms with Crippen molar-refractivity contribution in [1.82, 2.24) is 5.32 Å². The highest BCUT2D eigenvalue weighted by Crippen LogP contribution is 2.07. The van der Waals surface area contributed by atoms with Gasteiger partial charge in [-0.15, -0.1) is 0 Å². The summed E-state index contributed by atoms with van der Waals surface area (Å²) in [5.41, 5.74) is 5.47. The molecule has 16 heavy (non-hydrogen) atoms. The molecular formula is C11H14F2N2O. The Morgan fingerprint density at radius 2 is 1.94 bits per heavy atom. The van der Waals surface area contributed by atoms with Crippen molar-refractivity contribution in [2.45, 2.75) is 19.4 Å². The topological polar surface area (TPSA) is 55.1 Å². The van der Waals surface area contributed by atoms with Gasteiger partial charge in [0.05, 0.1) is 0 Å². The van der Waals surface area contributed by atoms with Gasteiger partial charge in [0.15, 0.2) is 0 Å². The quantitative estimate of drug-likeness (QED) is 0.819. The molecule has 0 aliphatic heterocycles. The van der Waals surface area contributed by atoms with Gasteiger partial charge in [-0.25, -0.2) is 8.78 Å². The average Bonchev–Trinajstić information content (AvgIpc) is 2.15. The molecule has 0 saturated carbocycles. The molecule has 0 bridgehead atoms. The molecule has 0 saturated heterocycles. The molecule has 1 aromatic carbocycles. The summed E-state index contributed by atoms with van der Waals surface area (Å²) in [7, 11) is 0. The second-order valence-corrected chi connectivity index (χ2v) is 3.68. The molecule has 1 atom stereocenters. The third-order valence-corrected chi connectivity index (χ3v) is 2.01. The molecular weight excluding hydrogens is 214 g/mol. The van der Waals surface area contributed by atoms with Crippen LogP contribution in [0.15, 0.2) is 18.2 Å². The fourth-order valence-electron chi connectivity index (χ4n) is 1.20. The van der Waals surface area contributed by atoms with Gasteiger partial charge >= 0.3 is 0 Å². The largest absolute Gasteiger partial charge is 0.352 e. The van der Waals surface area contributed by atoms with E-state index in [2.05, 4.69) is 5.32 Å². The van der Waals surface area contributed by atoms with Gasteiger partial charge in [0.2, 0.25) is 0 Å². The number of carbonyl (C=O) groups excluding carboxylic acids is 1. The Balaban J connectivity index is 2.59. The highest BCUT2D eigenvalue weighted by atomic mass is 19.1. The van der Waals surface area contributed by atoms with Crippen LogP contribution >= 0.6 is 0 Å². The zero-order valence-electron chi connectivity index (χ0n) is 8.97. The highest BCUT2D eigenvalue weighted by molar-refractivity contribution is 5.94. The lowest BCUT2D eigenvalue weighted by atomic mass is 10.2. The van der Waals surface area contributed by atoms with Crippen molar-refractivity contribution >= 4 is 5.91 Å². The van der Waals surface area contributed by atoms with E-state index < -0.39 is 17.5 Å². The van der Waals surface area contributed by atoms with Crippen LogP contribution in [0.3, 0.4) is 0 Å². The van der Waals surface area contributed by atoms with Crippen LogP contribution in [0, 0.1) is 11.6 Å². The summed E-state index contributed by atoms with van der Waals surface area (Å²) in [5, 5.41) is 2.53. The lowest BCUT2D eigenvalue weighted by Crippen LogP contribution is -2.29. The van der Waals surface area contributed by atoms with Crippen molar-refractivity contribution in [3.05, 3.63) is 35.4 Å². The van der Waals surface area contributed by atoms with Crippen LogP contribution in [-0.2, 0) is 0 Å². The van der Waals surface area contributed by atoms with E-state index in [1.807, 2.05) is 6.92 Å². The van der Waals surface area contributed by atoms with Crippen molar-refractivity contribution in [3.63, 3.8) is 0 Å². The molecule has 1 rings (SSSR count). The molecule has 5 heteroatoms. The molecule has 0 heterocycles. The van der Waals surface area contributed by atoms with E-state index in [9.17, 15) is 13.6 Å². The Kier molecular flexibility index (Phi) is 4.37. The minimum absolute atomic E-state index is 0.0236. The van der Waals surface area contributed by atoms with Crippen LogP contribution in [0.4, 0.5) is 8.78 Å². The molecule has 0 aliphatic carbocycles. The molecule has 0 aliphatic rings. The zero-order chi connectivity index (χ0) is 12.1. The van der Waals surface area contributed by atoms with Crippen molar-refractivity contribution in [2.24, 2.45) is 5.73 Å². The fraction of sp³-hybridized carbons (Fsp3) is 0.364. The molecule has 1 amide bonds. The van der Waals surface area contributed by atoms with E-state index in [4.69, 9.17) is 5.73 Å². The predicted molar refractivity (Wildman–Crippen MR) is 57.0 cm³/mol. The van der Waals surface area contributed by atoms with Gasteiger partial charge < -0.3 is 11.1 Å². The molecule has 3 nitrogen and oxygen atoms in total. The van der Waals surface area contributed by atoms with Crippen LogP contribution in [0.5, 0.6) is 0 Å². The van der Waals surface area contributed by atoms with Gasteiger partial charge in [0.25, 0.3) is 5.91 Å². The summed E-state index contributed by atoms with van der Waals surface area (Å²) in [5.74, 6) is -2.03. The number of benzene rings is 1. The SMILES string of the molecule is CC(N)CCNC(=O)c1cc(F)cc(F)c1.